The predicted molar refractivity (Wildman–Crippen MR) is 74.8 cm³/mol. The Hall–Kier alpha value is -1.45. The van der Waals surface area contributed by atoms with E-state index in [9.17, 15) is 18.0 Å². The van der Waals surface area contributed by atoms with Crippen LogP contribution in [0.5, 0.6) is 0 Å². The molecule has 2 aromatic rings. The van der Waals surface area contributed by atoms with Crippen LogP contribution in [0.25, 0.3) is 10.8 Å². The molecule has 0 heterocycles. The summed E-state index contributed by atoms with van der Waals surface area (Å²) in [6.07, 6.45) is 0. The summed E-state index contributed by atoms with van der Waals surface area (Å²) in [5.41, 5.74) is -0.501. The van der Waals surface area contributed by atoms with Gasteiger partial charge in [0.25, 0.3) is 10.1 Å². The molecule has 106 valence electrons. The van der Waals surface area contributed by atoms with E-state index in [0.29, 0.717) is 0 Å². The van der Waals surface area contributed by atoms with E-state index in [0.717, 1.165) is 12.1 Å². The minimum atomic E-state index is -4.68. The molecule has 0 aliphatic heterocycles. The Bertz CT molecular complexity index is 842. The quantitative estimate of drug-likeness (QED) is 0.564. The van der Waals surface area contributed by atoms with Gasteiger partial charge in [-0.2, -0.15) is 8.42 Å². The van der Waals surface area contributed by atoms with Gasteiger partial charge in [-0.15, -0.1) is 0 Å². The first kappa shape index (κ1) is 17.6. The van der Waals surface area contributed by atoms with E-state index in [2.05, 4.69) is 0 Å². The zero-order valence-electron chi connectivity index (χ0n) is 9.77. The minimum absolute atomic E-state index is 0. The predicted octanol–water partition coefficient (Wildman–Crippen LogP) is 0.834. The maximum absolute atomic E-state index is 11.3. The topological polar surface area (TPSA) is 129 Å². The van der Waals surface area contributed by atoms with Gasteiger partial charge in [0, 0.05) is 5.39 Å². The number of carbonyl (C=O) groups is 2. The third-order valence-electron chi connectivity index (χ3n) is 2.69. The average molecular weight is 320 g/mol. The van der Waals surface area contributed by atoms with Crippen LogP contribution in [0.15, 0.2) is 35.2 Å². The first-order chi connectivity index (χ1) is 9.20. The zero-order valence-corrected chi connectivity index (χ0v) is 10.6. The van der Waals surface area contributed by atoms with E-state index >= 15 is 0 Å². The van der Waals surface area contributed by atoms with Crippen LogP contribution in [-0.4, -0.2) is 64.7 Å². The Morgan fingerprint density at radius 1 is 0.905 bits per heavy atom. The van der Waals surface area contributed by atoms with Crippen LogP contribution >= 0.6 is 0 Å². The summed E-state index contributed by atoms with van der Waals surface area (Å²) in [5, 5.41) is 17.9. The molecule has 0 atom stereocenters. The van der Waals surface area contributed by atoms with Gasteiger partial charge in [0.2, 0.25) is 0 Å². The SMILES string of the molecule is O=C(O)c1cc(S(=O)(=O)O)c2cc(C(=O)O)ccc2c1.[NaH]. The maximum atomic E-state index is 11.3. The van der Waals surface area contributed by atoms with Crippen LogP contribution in [-0.2, 0) is 10.1 Å². The number of carboxylic acids is 2. The van der Waals surface area contributed by atoms with E-state index in [1.54, 1.807) is 0 Å². The Morgan fingerprint density at radius 3 is 1.95 bits per heavy atom. The van der Waals surface area contributed by atoms with E-state index < -0.39 is 27.0 Å². The molecule has 3 N–H and O–H groups in total. The molecule has 7 nitrogen and oxygen atoms in total. The second-order valence-electron chi connectivity index (χ2n) is 4.00. The number of rotatable bonds is 3. The van der Waals surface area contributed by atoms with Crippen LogP contribution in [0.1, 0.15) is 20.7 Å². The molecule has 0 radical (unpaired) electrons. The third-order valence-corrected chi connectivity index (χ3v) is 3.58. The van der Waals surface area contributed by atoms with Crippen molar-refractivity contribution >= 4 is 62.4 Å². The standard InChI is InChI=1S/C12H8O7S.Na.H/c13-11(14)7-2-1-6-3-8(12(15)16)5-10(9(6)4-7)20(17,18)19;;/h1-5H,(H,13,14)(H,15,16)(H,17,18,19);;. The molecule has 2 aromatic carbocycles. The van der Waals surface area contributed by atoms with Crippen molar-refractivity contribution in [2.45, 2.75) is 4.90 Å². The van der Waals surface area contributed by atoms with Gasteiger partial charge < -0.3 is 10.2 Å². The molecular formula is C12H9NaO7S. The Balaban J connectivity index is 0.00000220. The fraction of sp³-hybridized carbons (Fsp3) is 0. The fourth-order valence-electron chi connectivity index (χ4n) is 1.79. The van der Waals surface area contributed by atoms with Crippen molar-refractivity contribution in [3.05, 3.63) is 41.5 Å². The van der Waals surface area contributed by atoms with E-state index in [4.69, 9.17) is 14.8 Å². The van der Waals surface area contributed by atoms with Gasteiger partial charge in [-0.1, -0.05) is 6.07 Å². The van der Waals surface area contributed by atoms with Crippen LogP contribution < -0.4 is 0 Å². The first-order valence-corrected chi connectivity index (χ1v) is 6.66. The number of aromatic carboxylic acids is 2. The van der Waals surface area contributed by atoms with Gasteiger partial charge in [-0.25, -0.2) is 9.59 Å². The number of hydrogen-bond acceptors (Lipinski definition) is 4. The Morgan fingerprint density at radius 2 is 1.48 bits per heavy atom. The van der Waals surface area contributed by atoms with Gasteiger partial charge in [0.15, 0.2) is 0 Å². The van der Waals surface area contributed by atoms with Crippen molar-refractivity contribution in [2.75, 3.05) is 0 Å². The summed E-state index contributed by atoms with van der Waals surface area (Å²) in [7, 11) is -4.68. The number of fused-ring (bicyclic) bond motifs is 1. The normalized spacial score (nSPS) is 10.9. The summed E-state index contributed by atoms with van der Waals surface area (Å²) in [5.74, 6) is -2.63. The summed E-state index contributed by atoms with van der Waals surface area (Å²) >= 11 is 0. The van der Waals surface area contributed by atoms with Crippen molar-refractivity contribution < 1.29 is 32.8 Å². The van der Waals surface area contributed by atoms with Gasteiger partial charge in [-0.3, -0.25) is 4.55 Å². The molecule has 2 rings (SSSR count). The van der Waals surface area contributed by atoms with Crippen LogP contribution in [0.4, 0.5) is 0 Å². The summed E-state index contributed by atoms with van der Waals surface area (Å²) in [4.78, 5) is 21.2. The van der Waals surface area contributed by atoms with E-state index in [-0.39, 0.29) is 51.5 Å². The number of carboxylic acid groups (broad SMARTS) is 2. The van der Waals surface area contributed by atoms with Crippen LogP contribution in [0, 0.1) is 0 Å². The van der Waals surface area contributed by atoms with Gasteiger partial charge in [0.1, 0.15) is 4.90 Å². The summed E-state index contributed by atoms with van der Waals surface area (Å²) in [6, 6.07) is 5.53. The fourth-order valence-corrected chi connectivity index (χ4v) is 2.52. The molecule has 0 spiro atoms. The molecule has 0 aromatic heterocycles. The molecule has 0 saturated heterocycles. The number of hydrogen-bond donors (Lipinski definition) is 3. The monoisotopic (exact) mass is 320 g/mol. The molecule has 0 saturated carbocycles. The number of benzene rings is 2. The molecule has 0 fully saturated rings. The second-order valence-corrected chi connectivity index (χ2v) is 5.39. The van der Waals surface area contributed by atoms with Gasteiger partial charge in [-0.05, 0) is 29.7 Å². The molecular weight excluding hydrogens is 311 g/mol. The second kappa shape index (κ2) is 6.12. The first-order valence-electron chi connectivity index (χ1n) is 5.22. The molecule has 0 aliphatic carbocycles. The summed E-state index contributed by atoms with van der Waals surface area (Å²) in [6.45, 7) is 0. The molecule has 0 aliphatic rings. The van der Waals surface area contributed by atoms with Crippen molar-refractivity contribution in [1.29, 1.82) is 0 Å². The van der Waals surface area contributed by atoms with Crippen molar-refractivity contribution in [1.82, 2.24) is 0 Å². The molecule has 21 heavy (non-hydrogen) atoms. The van der Waals surface area contributed by atoms with Crippen molar-refractivity contribution in [3.63, 3.8) is 0 Å². The zero-order chi connectivity index (χ0) is 15.1. The molecule has 9 heteroatoms. The van der Waals surface area contributed by atoms with E-state index in [1.807, 2.05) is 0 Å². The summed E-state index contributed by atoms with van der Waals surface area (Å²) < 4.78 is 31.8. The Labute approximate surface area is 141 Å². The van der Waals surface area contributed by atoms with Crippen LogP contribution in [0.2, 0.25) is 0 Å². The van der Waals surface area contributed by atoms with E-state index in [1.165, 1.54) is 18.2 Å². The van der Waals surface area contributed by atoms with Gasteiger partial charge in [0.05, 0.1) is 11.1 Å². The molecule has 0 unspecified atom stereocenters. The van der Waals surface area contributed by atoms with Crippen molar-refractivity contribution in [3.8, 4) is 0 Å². The van der Waals surface area contributed by atoms with Gasteiger partial charge >= 0.3 is 41.5 Å². The molecule has 0 amide bonds. The van der Waals surface area contributed by atoms with Crippen molar-refractivity contribution in [2.24, 2.45) is 0 Å². The third kappa shape index (κ3) is 3.60. The Kier molecular flexibility index (Phi) is 5.13. The molecule has 0 bridgehead atoms. The van der Waals surface area contributed by atoms with Crippen LogP contribution in [0.3, 0.4) is 0 Å². The average Bonchev–Trinajstić information content (AvgIpc) is 2.35.